The highest BCUT2D eigenvalue weighted by molar-refractivity contribution is 5.62. The predicted octanol–water partition coefficient (Wildman–Crippen LogP) is 3.91. The van der Waals surface area contributed by atoms with E-state index in [2.05, 4.69) is 5.32 Å². The molecular formula is C18H22FNO2. The number of hydrogen-bond acceptors (Lipinski definition) is 3. The Labute approximate surface area is 130 Å². The highest BCUT2D eigenvalue weighted by Gasteiger charge is 2.20. The van der Waals surface area contributed by atoms with E-state index in [0.29, 0.717) is 17.9 Å². The number of hydrogen-bond donors (Lipinski definition) is 1. The summed E-state index contributed by atoms with van der Waals surface area (Å²) in [5.41, 5.74) is 1.42. The molecule has 118 valence electrons. The third kappa shape index (κ3) is 3.96. The van der Waals surface area contributed by atoms with Gasteiger partial charge in [0, 0.05) is 18.7 Å². The van der Waals surface area contributed by atoms with E-state index in [9.17, 15) is 4.39 Å². The minimum Gasteiger partial charge on any atom is -0.460 e. The first-order valence-corrected chi connectivity index (χ1v) is 7.86. The standard InChI is InChI=1S/C18H22FNO2/c1-13-16(3-2-4-17(13)19)18-8-7-15(22-18)11-20-9-10-21-12-14-5-6-14/h2-4,7-8,14,20H,5-6,9-12H2,1H3. The Balaban J connectivity index is 1.47. The van der Waals surface area contributed by atoms with Crippen LogP contribution in [0.1, 0.15) is 24.2 Å². The Hall–Kier alpha value is -1.65. The molecule has 1 aromatic carbocycles. The van der Waals surface area contributed by atoms with E-state index in [4.69, 9.17) is 9.15 Å². The smallest absolute Gasteiger partial charge is 0.134 e. The van der Waals surface area contributed by atoms with Crippen LogP contribution in [0.25, 0.3) is 11.3 Å². The molecule has 0 bridgehead atoms. The van der Waals surface area contributed by atoms with Crippen molar-refractivity contribution in [3.05, 3.63) is 47.5 Å². The zero-order chi connectivity index (χ0) is 15.4. The third-order valence-electron chi connectivity index (χ3n) is 3.97. The van der Waals surface area contributed by atoms with Gasteiger partial charge in [0.15, 0.2) is 0 Å². The fraction of sp³-hybridized carbons (Fsp3) is 0.444. The summed E-state index contributed by atoms with van der Waals surface area (Å²) < 4.78 is 24.9. The molecule has 0 amide bonds. The van der Waals surface area contributed by atoms with Crippen molar-refractivity contribution in [3.63, 3.8) is 0 Å². The third-order valence-corrected chi connectivity index (χ3v) is 3.97. The second-order valence-corrected chi connectivity index (χ2v) is 5.87. The maximum absolute atomic E-state index is 13.6. The van der Waals surface area contributed by atoms with Gasteiger partial charge in [0.2, 0.25) is 0 Å². The van der Waals surface area contributed by atoms with E-state index in [1.54, 1.807) is 13.0 Å². The molecule has 3 rings (SSSR count). The lowest BCUT2D eigenvalue weighted by molar-refractivity contribution is 0.125. The Morgan fingerprint density at radius 2 is 2.14 bits per heavy atom. The van der Waals surface area contributed by atoms with Gasteiger partial charge in [-0.25, -0.2) is 4.39 Å². The van der Waals surface area contributed by atoms with Crippen molar-refractivity contribution in [3.8, 4) is 11.3 Å². The summed E-state index contributed by atoms with van der Waals surface area (Å²) >= 11 is 0. The molecule has 1 fully saturated rings. The fourth-order valence-electron chi connectivity index (χ4n) is 2.38. The van der Waals surface area contributed by atoms with Crippen LogP contribution in [0.5, 0.6) is 0 Å². The highest BCUT2D eigenvalue weighted by atomic mass is 19.1. The topological polar surface area (TPSA) is 34.4 Å². The van der Waals surface area contributed by atoms with E-state index in [0.717, 1.165) is 37.0 Å². The lowest BCUT2D eigenvalue weighted by atomic mass is 10.1. The Kier molecular flexibility index (Phi) is 4.90. The Morgan fingerprint density at radius 1 is 1.27 bits per heavy atom. The van der Waals surface area contributed by atoms with Crippen molar-refractivity contribution in [2.24, 2.45) is 5.92 Å². The molecule has 1 saturated carbocycles. The van der Waals surface area contributed by atoms with Crippen LogP contribution in [0.2, 0.25) is 0 Å². The first kappa shape index (κ1) is 15.3. The molecule has 0 radical (unpaired) electrons. The molecule has 3 nitrogen and oxygen atoms in total. The lowest BCUT2D eigenvalue weighted by Gasteiger charge is -2.05. The maximum atomic E-state index is 13.6. The number of benzene rings is 1. The molecule has 0 saturated heterocycles. The van der Waals surface area contributed by atoms with Crippen molar-refractivity contribution in [2.75, 3.05) is 19.8 Å². The number of ether oxygens (including phenoxy) is 1. The molecule has 1 aliphatic rings. The van der Waals surface area contributed by atoms with Crippen LogP contribution in [0.15, 0.2) is 34.7 Å². The van der Waals surface area contributed by atoms with Crippen molar-refractivity contribution in [1.82, 2.24) is 5.32 Å². The van der Waals surface area contributed by atoms with Crippen molar-refractivity contribution < 1.29 is 13.5 Å². The number of rotatable bonds is 8. The van der Waals surface area contributed by atoms with Crippen molar-refractivity contribution in [2.45, 2.75) is 26.3 Å². The van der Waals surface area contributed by atoms with Crippen LogP contribution < -0.4 is 5.32 Å². The molecule has 1 aliphatic carbocycles. The van der Waals surface area contributed by atoms with E-state index in [1.807, 2.05) is 18.2 Å². The second-order valence-electron chi connectivity index (χ2n) is 5.87. The molecule has 1 heterocycles. The van der Waals surface area contributed by atoms with Gasteiger partial charge < -0.3 is 14.5 Å². The lowest BCUT2D eigenvalue weighted by Crippen LogP contribution is -2.19. The SMILES string of the molecule is Cc1c(F)cccc1-c1ccc(CNCCOCC2CC2)o1. The molecular weight excluding hydrogens is 281 g/mol. The summed E-state index contributed by atoms with van der Waals surface area (Å²) in [6.07, 6.45) is 2.64. The molecule has 0 unspecified atom stereocenters. The van der Waals surface area contributed by atoms with Gasteiger partial charge in [-0.1, -0.05) is 12.1 Å². The normalized spacial score (nSPS) is 14.5. The summed E-state index contributed by atoms with van der Waals surface area (Å²) in [6, 6.07) is 8.86. The van der Waals surface area contributed by atoms with Gasteiger partial charge in [0.05, 0.1) is 13.2 Å². The van der Waals surface area contributed by atoms with Crippen molar-refractivity contribution in [1.29, 1.82) is 0 Å². The molecule has 1 aromatic heterocycles. The average molecular weight is 303 g/mol. The number of nitrogens with one attached hydrogen (secondary N) is 1. The Morgan fingerprint density at radius 3 is 2.95 bits per heavy atom. The first-order chi connectivity index (χ1) is 10.7. The monoisotopic (exact) mass is 303 g/mol. The summed E-state index contributed by atoms with van der Waals surface area (Å²) in [4.78, 5) is 0. The molecule has 2 aromatic rings. The van der Waals surface area contributed by atoms with Crippen LogP contribution in [0, 0.1) is 18.7 Å². The summed E-state index contributed by atoms with van der Waals surface area (Å²) in [7, 11) is 0. The maximum Gasteiger partial charge on any atom is 0.134 e. The molecule has 0 atom stereocenters. The Bertz CT molecular complexity index is 619. The fourth-order valence-corrected chi connectivity index (χ4v) is 2.38. The largest absolute Gasteiger partial charge is 0.460 e. The zero-order valence-electron chi connectivity index (χ0n) is 12.9. The zero-order valence-corrected chi connectivity index (χ0v) is 12.9. The van der Waals surface area contributed by atoms with Crippen LogP contribution in [0.3, 0.4) is 0 Å². The molecule has 0 aliphatic heterocycles. The van der Waals surface area contributed by atoms with E-state index in [-0.39, 0.29) is 5.82 Å². The van der Waals surface area contributed by atoms with E-state index in [1.165, 1.54) is 18.9 Å². The number of halogens is 1. The van der Waals surface area contributed by atoms with Gasteiger partial charge in [-0.15, -0.1) is 0 Å². The highest BCUT2D eigenvalue weighted by Crippen LogP contribution is 2.28. The minimum absolute atomic E-state index is 0.207. The quantitative estimate of drug-likeness (QED) is 0.751. The van der Waals surface area contributed by atoms with Gasteiger partial charge in [0.25, 0.3) is 0 Å². The first-order valence-electron chi connectivity index (χ1n) is 7.86. The van der Waals surface area contributed by atoms with Gasteiger partial charge in [0.1, 0.15) is 17.3 Å². The van der Waals surface area contributed by atoms with E-state index < -0.39 is 0 Å². The predicted molar refractivity (Wildman–Crippen MR) is 84.1 cm³/mol. The molecule has 22 heavy (non-hydrogen) atoms. The van der Waals surface area contributed by atoms with Gasteiger partial charge >= 0.3 is 0 Å². The molecule has 0 spiro atoms. The van der Waals surface area contributed by atoms with Gasteiger partial charge in [-0.05, 0) is 49.4 Å². The number of furan rings is 1. The van der Waals surface area contributed by atoms with E-state index >= 15 is 0 Å². The van der Waals surface area contributed by atoms with Crippen LogP contribution in [-0.4, -0.2) is 19.8 Å². The van der Waals surface area contributed by atoms with Gasteiger partial charge in [-0.2, -0.15) is 0 Å². The van der Waals surface area contributed by atoms with Crippen LogP contribution >= 0.6 is 0 Å². The van der Waals surface area contributed by atoms with Gasteiger partial charge in [-0.3, -0.25) is 0 Å². The van der Waals surface area contributed by atoms with Crippen LogP contribution in [-0.2, 0) is 11.3 Å². The minimum atomic E-state index is -0.207. The summed E-state index contributed by atoms with van der Waals surface area (Å²) in [5.74, 6) is 2.16. The second kappa shape index (κ2) is 7.07. The van der Waals surface area contributed by atoms with Crippen molar-refractivity contribution >= 4 is 0 Å². The summed E-state index contributed by atoms with van der Waals surface area (Å²) in [6.45, 7) is 4.85. The average Bonchev–Trinajstić information content (AvgIpc) is 3.22. The summed E-state index contributed by atoms with van der Waals surface area (Å²) in [5, 5.41) is 3.29. The molecule has 4 heteroatoms. The molecule has 1 N–H and O–H groups in total. The van der Waals surface area contributed by atoms with Crippen LogP contribution in [0.4, 0.5) is 4.39 Å².